The summed E-state index contributed by atoms with van der Waals surface area (Å²) >= 11 is 0. The van der Waals surface area contributed by atoms with Gasteiger partial charge in [0, 0.05) is 0 Å². The molecule has 27 heavy (non-hydrogen) atoms. The van der Waals surface area contributed by atoms with E-state index in [0.29, 0.717) is 22.8 Å². The van der Waals surface area contributed by atoms with Crippen LogP contribution in [0, 0.1) is 17.2 Å². The van der Waals surface area contributed by atoms with E-state index in [1.165, 1.54) is 21.3 Å². The van der Waals surface area contributed by atoms with Crippen LogP contribution in [0.1, 0.15) is 25.3 Å². The summed E-state index contributed by atoms with van der Waals surface area (Å²) in [6.45, 7) is 1.24. The average molecular weight is 376 g/mol. The van der Waals surface area contributed by atoms with Gasteiger partial charge in [-0.2, -0.15) is 5.26 Å². The second kappa shape index (κ2) is 8.62. The van der Waals surface area contributed by atoms with Gasteiger partial charge in [0.1, 0.15) is 5.54 Å². The summed E-state index contributed by atoms with van der Waals surface area (Å²) in [5, 5.41) is 11.9. The number of esters is 1. The molecular weight excluding hydrogens is 352 g/mol. The first-order valence-electron chi connectivity index (χ1n) is 8.53. The summed E-state index contributed by atoms with van der Waals surface area (Å²) in [7, 11) is 4.45. The number of methoxy groups -OCH3 is 3. The molecule has 0 radical (unpaired) electrons. The smallest absolute Gasteiger partial charge is 0.310 e. The van der Waals surface area contributed by atoms with Crippen molar-refractivity contribution in [1.82, 2.24) is 5.32 Å². The zero-order valence-electron chi connectivity index (χ0n) is 16.0. The molecule has 0 spiro atoms. The Kier molecular flexibility index (Phi) is 6.50. The number of nitrogens with zero attached hydrogens (tertiary/aromatic N) is 1. The van der Waals surface area contributed by atoms with E-state index in [0.717, 1.165) is 12.8 Å². The summed E-state index contributed by atoms with van der Waals surface area (Å²) < 4.78 is 20.7. The third kappa shape index (κ3) is 5.03. The van der Waals surface area contributed by atoms with Gasteiger partial charge in [0.2, 0.25) is 5.75 Å². The lowest BCUT2D eigenvalue weighted by Crippen LogP contribution is -2.48. The highest BCUT2D eigenvalue weighted by molar-refractivity contribution is 5.82. The number of ether oxygens (including phenoxy) is 4. The highest BCUT2D eigenvalue weighted by atomic mass is 16.5. The van der Waals surface area contributed by atoms with E-state index in [1.807, 2.05) is 0 Å². The van der Waals surface area contributed by atoms with Crippen LogP contribution in [-0.4, -0.2) is 45.4 Å². The third-order valence-electron chi connectivity index (χ3n) is 4.46. The molecule has 1 amide bonds. The molecule has 0 heterocycles. The number of rotatable bonds is 9. The number of amides is 1. The molecule has 1 aliphatic rings. The fourth-order valence-corrected chi connectivity index (χ4v) is 2.81. The number of carbonyl (C=O) groups excluding carboxylic acids is 2. The van der Waals surface area contributed by atoms with Crippen molar-refractivity contribution in [3.05, 3.63) is 17.7 Å². The number of benzene rings is 1. The molecule has 0 unspecified atom stereocenters. The summed E-state index contributed by atoms with van der Waals surface area (Å²) in [5.74, 6) is 0.348. The second-order valence-electron chi connectivity index (χ2n) is 6.51. The quantitative estimate of drug-likeness (QED) is 0.652. The first kappa shape index (κ1) is 20.4. The normalized spacial score (nSPS) is 15.1. The topological polar surface area (TPSA) is 107 Å². The Morgan fingerprint density at radius 1 is 1.19 bits per heavy atom. The zero-order chi connectivity index (χ0) is 20.0. The fraction of sp³-hybridized carbons (Fsp3) is 0.526. The molecule has 0 aliphatic heterocycles. The molecule has 1 atom stereocenters. The van der Waals surface area contributed by atoms with Crippen molar-refractivity contribution >= 4 is 11.9 Å². The monoisotopic (exact) mass is 376 g/mol. The molecule has 146 valence electrons. The first-order chi connectivity index (χ1) is 12.9. The Bertz CT molecular complexity index is 728. The molecule has 1 fully saturated rings. The van der Waals surface area contributed by atoms with E-state index in [4.69, 9.17) is 18.9 Å². The van der Waals surface area contributed by atoms with Crippen molar-refractivity contribution < 1.29 is 28.5 Å². The predicted molar refractivity (Wildman–Crippen MR) is 95.6 cm³/mol. The Hall–Kier alpha value is -2.95. The maximum absolute atomic E-state index is 12.1. The Morgan fingerprint density at radius 3 is 2.22 bits per heavy atom. The van der Waals surface area contributed by atoms with Gasteiger partial charge in [-0.05, 0) is 43.4 Å². The van der Waals surface area contributed by atoms with Gasteiger partial charge in [-0.3, -0.25) is 9.59 Å². The Balaban J connectivity index is 1.94. The molecule has 8 nitrogen and oxygen atoms in total. The van der Waals surface area contributed by atoms with Crippen molar-refractivity contribution in [3.8, 4) is 23.3 Å². The number of carbonyl (C=O) groups is 2. The summed E-state index contributed by atoms with van der Waals surface area (Å²) in [4.78, 5) is 24.1. The average Bonchev–Trinajstić information content (AvgIpc) is 3.51. The van der Waals surface area contributed by atoms with Crippen molar-refractivity contribution in [2.24, 2.45) is 5.92 Å². The third-order valence-corrected chi connectivity index (χ3v) is 4.46. The van der Waals surface area contributed by atoms with Gasteiger partial charge in [-0.25, -0.2) is 0 Å². The lowest BCUT2D eigenvalue weighted by atomic mass is 9.98. The first-order valence-corrected chi connectivity index (χ1v) is 8.53. The zero-order valence-corrected chi connectivity index (χ0v) is 16.0. The van der Waals surface area contributed by atoms with Crippen LogP contribution in [0.4, 0.5) is 0 Å². The minimum atomic E-state index is -0.916. The van der Waals surface area contributed by atoms with Crippen LogP contribution in [0.15, 0.2) is 12.1 Å². The van der Waals surface area contributed by atoms with Crippen LogP contribution in [-0.2, 0) is 20.7 Å². The van der Waals surface area contributed by atoms with Gasteiger partial charge in [-0.1, -0.05) is 0 Å². The Labute approximate surface area is 158 Å². The van der Waals surface area contributed by atoms with Gasteiger partial charge in [0.15, 0.2) is 18.1 Å². The Morgan fingerprint density at radius 2 is 1.78 bits per heavy atom. The molecule has 1 aromatic rings. The number of hydrogen-bond acceptors (Lipinski definition) is 7. The van der Waals surface area contributed by atoms with Gasteiger partial charge in [0.25, 0.3) is 5.91 Å². The standard InChI is InChI=1S/C19H24N2O6/c1-19(11-20,13-5-6-13)21-16(22)10-27-17(23)9-12-7-14(24-2)18(26-4)15(8-12)25-3/h7-8,13H,5-6,9-10H2,1-4H3,(H,21,22)/t19-/m0/s1. The van der Waals surface area contributed by atoms with Crippen LogP contribution < -0.4 is 19.5 Å². The van der Waals surface area contributed by atoms with Crippen LogP contribution >= 0.6 is 0 Å². The molecule has 1 aliphatic carbocycles. The molecule has 2 rings (SSSR count). The highest BCUT2D eigenvalue weighted by Gasteiger charge is 2.43. The fourth-order valence-electron chi connectivity index (χ4n) is 2.81. The molecule has 0 bridgehead atoms. The second-order valence-corrected chi connectivity index (χ2v) is 6.51. The molecular formula is C19H24N2O6. The SMILES string of the molecule is COc1cc(CC(=O)OCC(=O)N[C@@](C)(C#N)C2CC2)cc(OC)c1OC. The van der Waals surface area contributed by atoms with E-state index in [-0.39, 0.29) is 12.3 Å². The molecule has 1 saturated carbocycles. The van der Waals surface area contributed by atoms with E-state index in [2.05, 4.69) is 11.4 Å². The lowest BCUT2D eigenvalue weighted by Gasteiger charge is -2.22. The van der Waals surface area contributed by atoms with Gasteiger partial charge >= 0.3 is 5.97 Å². The van der Waals surface area contributed by atoms with Crippen molar-refractivity contribution in [2.75, 3.05) is 27.9 Å². The predicted octanol–water partition coefficient (Wildman–Crippen LogP) is 1.61. The molecule has 0 aromatic heterocycles. The lowest BCUT2D eigenvalue weighted by molar-refractivity contribution is -0.148. The summed E-state index contributed by atoms with van der Waals surface area (Å²) in [6, 6.07) is 5.41. The van der Waals surface area contributed by atoms with Crippen LogP contribution in [0.3, 0.4) is 0 Å². The van der Waals surface area contributed by atoms with E-state index >= 15 is 0 Å². The maximum Gasteiger partial charge on any atom is 0.310 e. The molecule has 1 N–H and O–H groups in total. The largest absolute Gasteiger partial charge is 0.493 e. The van der Waals surface area contributed by atoms with Crippen LogP contribution in [0.5, 0.6) is 17.2 Å². The van der Waals surface area contributed by atoms with Gasteiger partial charge < -0.3 is 24.3 Å². The number of nitriles is 1. The summed E-state index contributed by atoms with van der Waals surface area (Å²) in [6.07, 6.45) is 1.75. The summed E-state index contributed by atoms with van der Waals surface area (Å²) in [5.41, 5.74) is -0.324. The molecule has 8 heteroatoms. The minimum absolute atomic E-state index is 0.0673. The maximum atomic E-state index is 12.1. The van der Waals surface area contributed by atoms with Crippen LogP contribution in [0.25, 0.3) is 0 Å². The van der Waals surface area contributed by atoms with Crippen molar-refractivity contribution in [2.45, 2.75) is 31.7 Å². The minimum Gasteiger partial charge on any atom is -0.493 e. The van der Waals surface area contributed by atoms with E-state index in [1.54, 1.807) is 19.1 Å². The van der Waals surface area contributed by atoms with E-state index < -0.39 is 24.0 Å². The molecule has 1 aromatic carbocycles. The van der Waals surface area contributed by atoms with Gasteiger partial charge in [-0.15, -0.1) is 0 Å². The number of hydrogen-bond donors (Lipinski definition) is 1. The van der Waals surface area contributed by atoms with Crippen molar-refractivity contribution in [1.29, 1.82) is 5.26 Å². The van der Waals surface area contributed by atoms with Crippen molar-refractivity contribution in [3.63, 3.8) is 0 Å². The molecule has 0 saturated heterocycles. The highest BCUT2D eigenvalue weighted by Crippen LogP contribution is 2.39. The van der Waals surface area contributed by atoms with Crippen LogP contribution in [0.2, 0.25) is 0 Å². The van der Waals surface area contributed by atoms with Gasteiger partial charge in [0.05, 0.1) is 33.8 Å². The number of nitrogens with one attached hydrogen (secondary N) is 1. The van der Waals surface area contributed by atoms with E-state index in [9.17, 15) is 14.9 Å².